The lowest BCUT2D eigenvalue weighted by atomic mass is 10.1. The average Bonchev–Trinajstić information content (AvgIpc) is 3.35. The van der Waals surface area contributed by atoms with E-state index in [-0.39, 0.29) is 29.7 Å². The fraction of sp³-hybridized carbons (Fsp3) is 0.591. The zero-order valence-electron chi connectivity index (χ0n) is 18.2. The zero-order valence-corrected chi connectivity index (χ0v) is 20.6. The highest BCUT2D eigenvalue weighted by Crippen LogP contribution is 2.25. The van der Waals surface area contributed by atoms with Crippen molar-refractivity contribution in [3.05, 3.63) is 45.6 Å². The molecule has 3 heterocycles. The number of nitrogens with zero attached hydrogens (tertiary/aromatic N) is 4. The Kier molecular flexibility index (Phi) is 8.79. The van der Waals surface area contributed by atoms with Crippen LogP contribution in [0.4, 0.5) is 0 Å². The fourth-order valence-corrected chi connectivity index (χ4v) is 4.07. The number of benzene rings is 1. The van der Waals surface area contributed by atoms with Crippen molar-refractivity contribution in [1.29, 1.82) is 0 Å². The molecule has 1 aromatic carbocycles. The van der Waals surface area contributed by atoms with Gasteiger partial charge in [0, 0.05) is 45.6 Å². The Morgan fingerprint density at radius 3 is 3.00 bits per heavy atom. The van der Waals surface area contributed by atoms with Crippen molar-refractivity contribution in [1.82, 2.24) is 25.0 Å². The summed E-state index contributed by atoms with van der Waals surface area (Å²) in [6.45, 7) is 6.56. The molecule has 2 N–H and O–H groups in total. The van der Waals surface area contributed by atoms with E-state index in [9.17, 15) is 4.79 Å². The monoisotopic (exact) mass is 540 g/mol. The van der Waals surface area contributed by atoms with Crippen molar-refractivity contribution in [3.63, 3.8) is 0 Å². The molecule has 0 saturated heterocycles. The van der Waals surface area contributed by atoms with Crippen LogP contribution in [0.1, 0.15) is 43.1 Å². The first-order valence-corrected chi connectivity index (χ1v) is 11.2. The number of halogens is 1. The average molecular weight is 540 g/mol. The number of guanidine groups is 1. The highest BCUT2D eigenvalue weighted by molar-refractivity contribution is 14.0. The van der Waals surface area contributed by atoms with E-state index in [1.54, 1.807) is 4.68 Å². The molecule has 0 aliphatic carbocycles. The Labute approximate surface area is 200 Å². The van der Waals surface area contributed by atoms with Crippen LogP contribution in [0.15, 0.2) is 28.0 Å². The predicted octanol–water partition coefficient (Wildman–Crippen LogP) is 2.12. The molecule has 8 nitrogen and oxygen atoms in total. The summed E-state index contributed by atoms with van der Waals surface area (Å²) < 4.78 is 9.00. The minimum absolute atomic E-state index is 0. The Morgan fingerprint density at radius 2 is 2.16 bits per heavy atom. The summed E-state index contributed by atoms with van der Waals surface area (Å²) in [7, 11) is 0. The van der Waals surface area contributed by atoms with E-state index in [4.69, 9.17) is 4.74 Å². The van der Waals surface area contributed by atoms with Gasteiger partial charge in [0.2, 0.25) is 0 Å². The molecule has 0 saturated carbocycles. The molecule has 170 valence electrons. The van der Waals surface area contributed by atoms with Crippen molar-refractivity contribution in [2.75, 3.05) is 26.2 Å². The SMILES string of the molecule is CCNC(=NCCCn1nc2n(c1=O)CCCC2)NCCc1ccc2c(c1)CCO2.I. The topological polar surface area (TPSA) is 85.5 Å². The number of aromatic nitrogens is 3. The van der Waals surface area contributed by atoms with E-state index in [2.05, 4.69) is 45.8 Å². The number of aliphatic imine (C=N–C) groups is 1. The van der Waals surface area contributed by atoms with Crippen LogP contribution in [0.2, 0.25) is 0 Å². The molecule has 1 aromatic heterocycles. The van der Waals surface area contributed by atoms with Crippen LogP contribution >= 0.6 is 24.0 Å². The highest BCUT2D eigenvalue weighted by atomic mass is 127. The third-order valence-corrected chi connectivity index (χ3v) is 5.63. The molecule has 9 heteroatoms. The molecule has 4 rings (SSSR count). The van der Waals surface area contributed by atoms with Crippen LogP contribution in [-0.2, 0) is 32.4 Å². The van der Waals surface area contributed by atoms with Gasteiger partial charge >= 0.3 is 5.69 Å². The largest absolute Gasteiger partial charge is 0.493 e. The number of hydrogen-bond donors (Lipinski definition) is 2. The van der Waals surface area contributed by atoms with E-state index in [1.165, 1.54) is 11.1 Å². The van der Waals surface area contributed by atoms with E-state index >= 15 is 0 Å². The molecule has 0 fully saturated rings. The first kappa shape index (κ1) is 23.6. The molecule has 0 radical (unpaired) electrons. The summed E-state index contributed by atoms with van der Waals surface area (Å²) in [5.74, 6) is 2.78. The third-order valence-electron chi connectivity index (χ3n) is 5.63. The Balaban J connectivity index is 0.00000272. The highest BCUT2D eigenvalue weighted by Gasteiger charge is 2.16. The van der Waals surface area contributed by atoms with E-state index in [0.29, 0.717) is 13.1 Å². The van der Waals surface area contributed by atoms with Crippen LogP contribution in [0, 0.1) is 0 Å². The van der Waals surface area contributed by atoms with Gasteiger partial charge in [0.15, 0.2) is 5.96 Å². The summed E-state index contributed by atoms with van der Waals surface area (Å²) in [6.07, 6.45) is 5.83. The van der Waals surface area contributed by atoms with Crippen LogP contribution in [0.25, 0.3) is 0 Å². The second-order valence-corrected chi connectivity index (χ2v) is 7.86. The zero-order chi connectivity index (χ0) is 20.8. The minimum Gasteiger partial charge on any atom is -0.493 e. The molecule has 0 unspecified atom stereocenters. The number of rotatable bonds is 8. The van der Waals surface area contributed by atoms with Crippen LogP contribution < -0.4 is 21.1 Å². The molecule has 0 amide bonds. The molecule has 0 atom stereocenters. The van der Waals surface area contributed by atoms with Crippen molar-refractivity contribution in [2.24, 2.45) is 4.99 Å². The van der Waals surface area contributed by atoms with Gasteiger partial charge in [-0.15, -0.1) is 24.0 Å². The summed E-state index contributed by atoms with van der Waals surface area (Å²) in [4.78, 5) is 17.0. The van der Waals surface area contributed by atoms with Gasteiger partial charge in [-0.3, -0.25) is 9.56 Å². The number of fused-ring (bicyclic) bond motifs is 2. The standard InChI is InChI=1S/C22H32N6O2.HI/c1-2-23-21(25-12-9-17-7-8-19-18(16-17)10-15-30-19)24-11-5-14-28-22(29)27-13-4-3-6-20(27)26-28;/h7-8,16H,2-6,9-15H2,1H3,(H2,23,24,25);1H. The summed E-state index contributed by atoms with van der Waals surface area (Å²) in [5, 5.41) is 11.2. The first-order valence-electron chi connectivity index (χ1n) is 11.2. The van der Waals surface area contributed by atoms with Gasteiger partial charge in [-0.1, -0.05) is 12.1 Å². The summed E-state index contributed by atoms with van der Waals surface area (Å²) in [6, 6.07) is 6.46. The Hall–Kier alpha value is -2.04. The lowest BCUT2D eigenvalue weighted by Gasteiger charge is -2.11. The van der Waals surface area contributed by atoms with Crippen LogP contribution in [0.3, 0.4) is 0 Å². The van der Waals surface area contributed by atoms with Gasteiger partial charge in [-0.2, -0.15) is 5.10 Å². The molecule has 0 spiro atoms. The maximum Gasteiger partial charge on any atom is 0.345 e. The van der Waals surface area contributed by atoms with Crippen LogP contribution in [-0.4, -0.2) is 46.5 Å². The lowest BCUT2D eigenvalue weighted by molar-refractivity contribution is 0.357. The van der Waals surface area contributed by atoms with Crippen LogP contribution in [0.5, 0.6) is 5.75 Å². The summed E-state index contributed by atoms with van der Waals surface area (Å²) >= 11 is 0. The van der Waals surface area contributed by atoms with Gasteiger partial charge in [-0.05, 0) is 49.8 Å². The fourth-order valence-electron chi connectivity index (χ4n) is 4.07. The number of aryl methyl sites for hydroxylation is 2. The maximum absolute atomic E-state index is 12.4. The van der Waals surface area contributed by atoms with Gasteiger partial charge < -0.3 is 15.4 Å². The molecule has 0 bridgehead atoms. The van der Waals surface area contributed by atoms with Crippen molar-refractivity contribution >= 4 is 29.9 Å². The molecular weight excluding hydrogens is 507 g/mol. The molecule has 2 aliphatic heterocycles. The number of ether oxygens (including phenoxy) is 1. The van der Waals surface area contributed by atoms with Crippen molar-refractivity contribution in [3.8, 4) is 5.75 Å². The number of hydrogen-bond acceptors (Lipinski definition) is 4. The summed E-state index contributed by atoms with van der Waals surface area (Å²) in [5.41, 5.74) is 2.65. The molecule has 2 aromatic rings. The van der Waals surface area contributed by atoms with E-state index < -0.39 is 0 Å². The Morgan fingerprint density at radius 1 is 1.26 bits per heavy atom. The quantitative estimate of drug-likeness (QED) is 0.232. The molecule has 2 aliphatic rings. The van der Waals surface area contributed by atoms with Gasteiger partial charge in [0.1, 0.15) is 11.6 Å². The number of nitrogens with one attached hydrogen (secondary N) is 2. The van der Waals surface area contributed by atoms with Gasteiger partial charge in [-0.25, -0.2) is 9.48 Å². The second kappa shape index (κ2) is 11.5. The van der Waals surface area contributed by atoms with Crippen molar-refractivity contribution in [2.45, 2.75) is 58.5 Å². The maximum atomic E-state index is 12.4. The van der Waals surface area contributed by atoms with E-state index in [1.807, 2.05) is 4.57 Å². The predicted molar refractivity (Wildman–Crippen MR) is 133 cm³/mol. The second-order valence-electron chi connectivity index (χ2n) is 7.86. The third kappa shape index (κ3) is 6.02. The molecular formula is C22H33IN6O2. The first-order chi connectivity index (χ1) is 14.7. The normalized spacial score (nSPS) is 14.9. The van der Waals surface area contributed by atoms with Crippen molar-refractivity contribution < 1.29 is 4.74 Å². The minimum atomic E-state index is 0. The molecule has 31 heavy (non-hydrogen) atoms. The van der Waals surface area contributed by atoms with E-state index in [0.717, 1.165) is 82.3 Å². The smallest absolute Gasteiger partial charge is 0.345 e. The lowest BCUT2D eigenvalue weighted by Crippen LogP contribution is -2.38. The Bertz CT molecular complexity index is 952. The van der Waals surface area contributed by atoms with Gasteiger partial charge in [0.05, 0.1) is 6.61 Å². The van der Waals surface area contributed by atoms with Gasteiger partial charge in [0.25, 0.3) is 0 Å².